The van der Waals surface area contributed by atoms with Crippen molar-refractivity contribution >= 4 is 17.3 Å². The smallest absolute Gasteiger partial charge is 0.224 e. The molecule has 3 nitrogen and oxygen atoms in total. The molecule has 0 atom stereocenters. The zero-order chi connectivity index (χ0) is 12.3. The van der Waals surface area contributed by atoms with Gasteiger partial charge in [-0.1, -0.05) is 20.8 Å². The van der Waals surface area contributed by atoms with Crippen LogP contribution >= 0.6 is 0 Å². The highest BCUT2D eigenvalue weighted by molar-refractivity contribution is 5.91. The first-order chi connectivity index (χ1) is 7.28. The summed E-state index contributed by atoms with van der Waals surface area (Å²) in [6, 6.07) is 4.14. The highest BCUT2D eigenvalue weighted by Crippen LogP contribution is 2.21. The van der Waals surface area contributed by atoms with Crippen molar-refractivity contribution in [3.05, 3.63) is 24.0 Å². The standard InChI is InChI=1S/C12H17FN2O/c1-12(2,3)7-11(16)15-8-4-5-9(13)10(14)6-8/h4-6H,7,14H2,1-3H3,(H,15,16). The van der Waals surface area contributed by atoms with E-state index in [0.717, 1.165) is 0 Å². The zero-order valence-electron chi connectivity index (χ0n) is 9.80. The largest absolute Gasteiger partial charge is 0.396 e. The first kappa shape index (κ1) is 12.5. The number of nitrogen functional groups attached to an aromatic ring is 1. The van der Waals surface area contributed by atoms with Gasteiger partial charge in [0.25, 0.3) is 0 Å². The molecule has 0 aliphatic heterocycles. The maximum Gasteiger partial charge on any atom is 0.224 e. The van der Waals surface area contributed by atoms with Gasteiger partial charge in [-0.15, -0.1) is 0 Å². The molecule has 0 heterocycles. The maximum absolute atomic E-state index is 12.9. The lowest BCUT2D eigenvalue weighted by molar-refractivity contribution is -0.117. The number of carbonyl (C=O) groups excluding carboxylic acids is 1. The summed E-state index contributed by atoms with van der Waals surface area (Å²) >= 11 is 0. The molecular weight excluding hydrogens is 207 g/mol. The predicted molar refractivity (Wildman–Crippen MR) is 63.5 cm³/mol. The van der Waals surface area contributed by atoms with Crippen LogP contribution in [0.4, 0.5) is 15.8 Å². The number of nitrogens with one attached hydrogen (secondary N) is 1. The minimum Gasteiger partial charge on any atom is -0.396 e. The van der Waals surface area contributed by atoms with Gasteiger partial charge in [0.1, 0.15) is 5.82 Å². The summed E-state index contributed by atoms with van der Waals surface area (Å²) in [5, 5.41) is 2.68. The normalized spacial score (nSPS) is 11.2. The number of carbonyl (C=O) groups is 1. The van der Waals surface area contributed by atoms with Gasteiger partial charge >= 0.3 is 0 Å². The fraction of sp³-hybridized carbons (Fsp3) is 0.417. The Labute approximate surface area is 94.8 Å². The molecule has 0 fully saturated rings. The molecule has 1 amide bonds. The number of rotatable bonds is 2. The minimum absolute atomic E-state index is 0.0357. The molecule has 0 unspecified atom stereocenters. The third kappa shape index (κ3) is 3.88. The molecule has 0 aliphatic carbocycles. The average Bonchev–Trinajstić information content (AvgIpc) is 2.08. The molecular formula is C12H17FN2O. The van der Waals surface area contributed by atoms with E-state index in [9.17, 15) is 9.18 Å². The average molecular weight is 224 g/mol. The van der Waals surface area contributed by atoms with Gasteiger partial charge < -0.3 is 11.1 Å². The van der Waals surface area contributed by atoms with Crippen molar-refractivity contribution in [3.8, 4) is 0 Å². The van der Waals surface area contributed by atoms with Crippen LogP contribution in [-0.2, 0) is 4.79 Å². The molecule has 0 saturated heterocycles. The van der Waals surface area contributed by atoms with Crippen molar-refractivity contribution < 1.29 is 9.18 Å². The van der Waals surface area contributed by atoms with Crippen molar-refractivity contribution in [2.24, 2.45) is 5.41 Å². The van der Waals surface area contributed by atoms with Gasteiger partial charge in [0.15, 0.2) is 0 Å². The Morgan fingerprint density at radius 2 is 2.06 bits per heavy atom. The van der Waals surface area contributed by atoms with Gasteiger partial charge in [-0.25, -0.2) is 4.39 Å². The van der Waals surface area contributed by atoms with Crippen LogP contribution in [0, 0.1) is 11.2 Å². The Kier molecular flexibility index (Phi) is 3.52. The van der Waals surface area contributed by atoms with Crippen molar-refractivity contribution in [1.82, 2.24) is 0 Å². The first-order valence-electron chi connectivity index (χ1n) is 5.13. The number of hydrogen-bond donors (Lipinski definition) is 2. The summed E-state index contributed by atoms with van der Waals surface area (Å²) in [7, 11) is 0. The van der Waals surface area contributed by atoms with Crippen LogP contribution < -0.4 is 11.1 Å². The maximum atomic E-state index is 12.9. The van der Waals surface area contributed by atoms with Gasteiger partial charge in [-0.2, -0.15) is 0 Å². The van der Waals surface area contributed by atoms with Crippen LogP contribution in [0.5, 0.6) is 0 Å². The van der Waals surface area contributed by atoms with E-state index in [-0.39, 0.29) is 17.0 Å². The molecule has 1 aromatic rings. The number of nitrogens with two attached hydrogens (primary N) is 1. The van der Waals surface area contributed by atoms with Crippen molar-refractivity contribution in [2.45, 2.75) is 27.2 Å². The van der Waals surface area contributed by atoms with Gasteiger partial charge in [-0.05, 0) is 23.6 Å². The third-order valence-corrected chi connectivity index (χ3v) is 1.97. The lowest BCUT2D eigenvalue weighted by atomic mass is 9.92. The molecule has 0 radical (unpaired) electrons. The van der Waals surface area contributed by atoms with Crippen LogP contribution in [0.1, 0.15) is 27.2 Å². The second kappa shape index (κ2) is 4.51. The molecule has 3 N–H and O–H groups in total. The Morgan fingerprint density at radius 1 is 1.44 bits per heavy atom. The summed E-state index contributed by atoms with van der Waals surface area (Å²) in [6.45, 7) is 5.93. The van der Waals surface area contributed by atoms with Crippen LogP contribution in [0.25, 0.3) is 0 Å². The van der Waals surface area contributed by atoms with Crippen LogP contribution in [-0.4, -0.2) is 5.91 Å². The fourth-order valence-corrected chi connectivity index (χ4v) is 1.31. The van der Waals surface area contributed by atoms with E-state index in [1.807, 2.05) is 20.8 Å². The van der Waals surface area contributed by atoms with Gasteiger partial charge in [0.05, 0.1) is 5.69 Å². The molecule has 0 aliphatic rings. The number of halogens is 1. The van der Waals surface area contributed by atoms with E-state index >= 15 is 0 Å². The highest BCUT2D eigenvalue weighted by Gasteiger charge is 2.16. The SMILES string of the molecule is CC(C)(C)CC(=O)Nc1ccc(F)c(N)c1. The van der Waals surface area contributed by atoms with Crippen molar-refractivity contribution in [2.75, 3.05) is 11.1 Å². The van der Waals surface area contributed by atoms with Crippen molar-refractivity contribution in [1.29, 1.82) is 0 Å². The predicted octanol–water partition coefficient (Wildman–Crippen LogP) is 2.78. The second-order valence-corrected chi connectivity index (χ2v) is 5.02. The van der Waals surface area contributed by atoms with E-state index < -0.39 is 5.82 Å². The number of benzene rings is 1. The minimum atomic E-state index is -0.478. The van der Waals surface area contributed by atoms with E-state index in [1.54, 1.807) is 0 Å². The fourth-order valence-electron chi connectivity index (χ4n) is 1.31. The Bertz CT molecular complexity index is 396. The molecule has 16 heavy (non-hydrogen) atoms. The highest BCUT2D eigenvalue weighted by atomic mass is 19.1. The van der Waals surface area contributed by atoms with E-state index in [0.29, 0.717) is 12.1 Å². The Hall–Kier alpha value is -1.58. The van der Waals surface area contributed by atoms with Crippen LogP contribution in [0.3, 0.4) is 0 Å². The molecule has 88 valence electrons. The first-order valence-corrected chi connectivity index (χ1v) is 5.13. The van der Waals surface area contributed by atoms with Crippen LogP contribution in [0.15, 0.2) is 18.2 Å². The topological polar surface area (TPSA) is 55.1 Å². The van der Waals surface area contributed by atoms with Crippen LogP contribution in [0.2, 0.25) is 0 Å². The number of hydrogen-bond acceptors (Lipinski definition) is 2. The monoisotopic (exact) mass is 224 g/mol. The molecule has 1 aromatic carbocycles. The van der Waals surface area contributed by atoms with Gasteiger partial charge in [0.2, 0.25) is 5.91 Å². The Balaban J connectivity index is 2.67. The lowest BCUT2D eigenvalue weighted by Gasteiger charge is -2.17. The molecule has 0 bridgehead atoms. The lowest BCUT2D eigenvalue weighted by Crippen LogP contribution is -2.19. The van der Waals surface area contributed by atoms with Gasteiger partial charge in [0, 0.05) is 12.1 Å². The molecule has 0 aromatic heterocycles. The molecule has 0 saturated carbocycles. The van der Waals surface area contributed by atoms with E-state index in [2.05, 4.69) is 5.32 Å². The number of amides is 1. The van der Waals surface area contributed by atoms with E-state index in [4.69, 9.17) is 5.73 Å². The summed E-state index contributed by atoms with van der Waals surface area (Å²) < 4.78 is 12.9. The summed E-state index contributed by atoms with van der Waals surface area (Å²) in [5.41, 5.74) is 5.88. The summed E-state index contributed by atoms with van der Waals surface area (Å²) in [4.78, 5) is 11.6. The van der Waals surface area contributed by atoms with Crippen molar-refractivity contribution in [3.63, 3.8) is 0 Å². The molecule has 0 spiro atoms. The number of anilines is 2. The van der Waals surface area contributed by atoms with Gasteiger partial charge in [-0.3, -0.25) is 4.79 Å². The summed E-state index contributed by atoms with van der Waals surface area (Å²) in [5.74, 6) is -0.577. The third-order valence-electron chi connectivity index (χ3n) is 1.97. The molecule has 1 rings (SSSR count). The zero-order valence-corrected chi connectivity index (χ0v) is 9.80. The van der Waals surface area contributed by atoms with E-state index in [1.165, 1.54) is 18.2 Å². The Morgan fingerprint density at radius 3 is 2.56 bits per heavy atom. The second-order valence-electron chi connectivity index (χ2n) is 5.02. The molecule has 4 heteroatoms. The quantitative estimate of drug-likeness (QED) is 0.759. The summed E-state index contributed by atoms with van der Waals surface area (Å²) in [6.07, 6.45) is 0.407.